The van der Waals surface area contributed by atoms with Gasteiger partial charge in [0.2, 0.25) is 0 Å². The number of carbonyl (C=O) groups excluding carboxylic acids is 1. The van der Waals surface area contributed by atoms with Crippen molar-refractivity contribution in [2.24, 2.45) is 10.7 Å². The Morgan fingerprint density at radius 3 is 2.48 bits per heavy atom. The van der Waals surface area contributed by atoms with Crippen LogP contribution in [0.4, 0.5) is 4.39 Å². The Hall–Kier alpha value is -3.18. The summed E-state index contributed by atoms with van der Waals surface area (Å²) in [6.07, 6.45) is 5.29. The third-order valence-corrected chi connectivity index (χ3v) is 7.49. The van der Waals surface area contributed by atoms with Crippen molar-refractivity contribution in [2.45, 2.75) is 56.8 Å². The predicted molar refractivity (Wildman–Crippen MR) is 155 cm³/mol. The van der Waals surface area contributed by atoms with Crippen LogP contribution in [0.2, 0.25) is 0 Å². The molecule has 0 bridgehead atoms. The van der Waals surface area contributed by atoms with Crippen molar-refractivity contribution in [2.75, 3.05) is 41.5 Å². The number of aliphatic imine (C=N–C) groups is 1. The summed E-state index contributed by atoms with van der Waals surface area (Å²) in [5.74, 6) is -0.573. The van der Waals surface area contributed by atoms with Crippen molar-refractivity contribution in [1.82, 2.24) is 14.8 Å². The van der Waals surface area contributed by atoms with Gasteiger partial charge in [0.25, 0.3) is 5.91 Å². The number of likely N-dealkylation sites (N-methyl/N-ethyl adjacent to an activating group) is 1. The van der Waals surface area contributed by atoms with Crippen LogP contribution in [0.1, 0.15) is 48.3 Å². The van der Waals surface area contributed by atoms with Crippen molar-refractivity contribution in [1.29, 1.82) is 0 Å². The number of methoxy groups -OCH3 is 2. The molecular weight excluding hydrogens is 513 g/mol. The molecule has 1 aromatic heterocycles. The number of nitrogens with two attached hydrogens (primary N) is 1. The Kier molecular flexibility index (Phi) is 11.8. The maximum atomic E-state index is 14.4. The molecule has 5 atom stereocenters. The monoisotopic (exact) mass is 555 g/mol. The minimum absolute atomic E-state index is 0.134. The van der Waals surface area contributed by atoms with E-state index in [1.54, 1.807) is 32.5 Å². The largest absolute Gasteiger partial charge is 0.375 e. The lowest BCUT2D eigenvalue weighted by molar-refractivity contribution is -0.189. The zero-order valence-electron chi connectivity index (χ0n) is 24.1. The summed E-state index contributed by atoms with van der Waals surface area (Å²) < 4.78 is 31.4. The second-order valence-corrected chi connectivity index (χ2v) is 10.2. The van der Waals surface area contributed by atoms with Gasteiger partial charge in [-0.2, -0.15) is 0 Å². The molecule has 0 saturated carbocycles. The molecule has 3 rings (SSSR count). The van der Waals surface area contributed by atoms with Gasteiger partial charge in [-0.1, -0.05) is 30.3 Å². The van der Waals surface area contributed by atoms with Crippen LogP contribution >= 0.6 is 0 Å². The zero-order chi connectivity index (χ0) is 29.2. The van der Waals surface area contributed by atoms with E-state index in [-0.39, 0.29) is 18.1 Å². The second-order valence-electron chi connectivity index (χ2n) is 10.2. The van der Waals surface area contributed by atoms with E-state index < -0.39 is 24.7 Å². The average Bonchev–Trinajstić information content (AvgIpc) is 2.97. The lowest BCUT2D eigenvalue weighted by Crippen LogP contribution is -2.44. The van der Waals surface area contributed by atoms with Crippen LogP contribution in [-0.4, -0.2) is 93.4 Å². The summed E-state index contributed by atoms with van der Waals surface area (Å²) in [6.45, 7) is 5.97. The van der Waals surface area contributed by atoms with Crippen molar-refractivity contribution in [3.05, 3.63) is 65.7 Å². The quantitative estimate of drug-likeness (QED) is 0.349. The number of halogens is 1. The molecule has 1 fully saturated rings. The van der Waals surface area contributed by atoms with Gasteiger partial charge in [0.1, 0.15) is 18.5 Å². The highest BCUT2D eigenvalue weighted by atomic mass is 19.1. The Labute approximate surface area is 236 Å². The van der Waals surface area contributed by atoms with E-state index in [0.717, 1.165) is 41.8 Å². The molecule has 218 valence electrons. The number of pyridine rings is 1. The highest BCUT2D eigenvalue weighted by Crippen LogP contribution is 2.29. The van der Waals surface area contributed by atoms with E-state index in [9.17, 15) is 9.18 Å². The first-order valence-corrected chi connectivity index (χ1v) is 13.4. The van der Waals surface area contributed by atoms with E-state index in [2.05, 4.69) is 35.6 Å². The number of rotatable bonds is 14. The van der Waals surface area contributed by atoms with Crippen LogP contribution in [0.5, 0.6) is 0 Å². The van der Waals surface area contributed by atoms with Crippen LogP contribution in [0.25, 0.3) is 11.1 Å². The number of hydrogen-bond donors (Lipinski definition) is 1. The molecule has 0 aliphatic carbocycles. The van der Waals surface area contributed by atoms with Gasteiger partial charge in [0, 0.05) is 64.7 Å². The van der Waals surface area contributed by atoms with Gasteiger partial charge >= 0.3 is 0 Å². The molecule has 2 heterocycles. The molecule has 9 nitrogen and oxygen atoms in total. The number of amides is 1. The van der Waals surface area contributed by atoms with Gasteiger partial charge in [0.05, 0.1) is 17.8 Å². The third kappa shape index (κ3) is 8.17. The van der Waals surface area contributed by atoms with Crippen molar-refractivity contribution >= 4 is 12.6 Å². The fourth-order valence-corrected chi connectivity index (χ4v) is 5.07. The summed E-state index contributed by atoms with van der Waals surface area (Å²) in [7, 11) is 7.17. The first-order valence-electron chi connectivity index (χ1n) is 13.4. The van der Waals surface area contributed by atoms with Crippen LogP contribution in [0.15, 0.2) is 59.5 Å². The van der Waals surface area contributed by atoms with Gasteiger partial charge in [0.15, 0.2) is 6.29 Å². The molecule has 1 aliphatic rings. The number of benzene rings is 1. The topological polar surface area (TPSA) is 103 Å². The first-order chi connectivity index (χ1) is 19.2. The van der Waals surface area contributed by atoms with Crippen molar-refractivity contribution in [3.63, 3.8) is 0 Å². The summed E-state index contributed by atoms with van der Waals surface area (Å²) in [5.41, 5.74) is 8.84. The highest BCUT2D eigenvalue weighted by molar-refractivity contribution is 5.91. The SMILES string of the molecule is C=N/C(=C\N(C)[C@H](CF)[C@H](OC)c1ccc(-c2ccc(C(N)=O)nc2)cc1)CCN(C)[C@@H]1C[C@H](OC)O[C@H](C)C1. The number of primary amides is 1. The molecule has 0 spiro atoms. The molecule has 1 aliphatic heterocycles. The average molecular weight is 556 g/mol. The Balaban J connectivity index is 1.67. The van der Waals surface area contributed by atoms with Gasteiger partial charge in [-0.3, -0.25) is 14.8 Å². The standard InChI is InChI=1S/C30H42FN5O4/c1-20-15-25(16-28(38-5)40-20)35(3)14-13-24(33-2)19-36(4)27(17-31)29(39-6)22-9-7-21(8-10-22)23-11-12-26(30(32)37)34-18-23/h7-12,18-20,25,27-29H,2,13-17H2,1,3-6H3,(H2,32,37)/b24-19-/t20-,25+,27-,28-,29-/m1/s1. The van der Waals surface area contributed by atoms with E-state index >= 15 is 0 Å². The Morgan fingerprint density at radius 1 is 1.23 bits per heavy atom. The van der Waals surface area contributed by atoms with Crippen molar-refractivity contribution in [3.8, 4) is 11.1 Å². The number of nitrogens with zero attached hydrogens (tertiary/aromatic N) is 4. The summed E-state index contributed by atoms with van der Waals surface area (Å²) >= 11 is 0. The molecule has 2 N–H and O–H groups in total. The van der Waals surface area contributed by atoms with Gasteiger partial charge in [-0.15, -0.1) is 0 Å². The van der Waals surface area contributed by atoms with E-state index in [4.69, 9.17) is 19.9 Å². The molecule has 0 radical (unpaired) electrons. The minimum Gasteiger partial charge on any atom is -0.375 e. The van der Waals surface area contributed by atoms with Crippen LogP contribution in [-0.2, 0) is 14.2 Å². The normalized spacial score (nSPS) is 21.2. The molecule has 1 saturated heterocycles. The van der Waals surface area contributed by atoms with Gasteiger partial charge in [-0.25, -0.2) is 4.39 Å². The number of hydrogen-bond acceptors (Lipinski definition) is 8. The fourth-order valence-electron chi connectivity index (χ4n) is 5.07. The Morgan fingerprint density at radius 2 is 1.93 bits per heavy atom. The van der Waals surface area contributed by atoms with Crippen LogP contribution < -0.4 is 5.73 Å². The van der Waals surface area contributed by atoms with Gasteiger partial charge < -0.3 is 29.7 Å². The first kappa shape index (κ1) is 31.3. The predicted octanol–water partition coefficient (Wildman–Crippen LogP) is 4.21. The van der Waals surface area contributed by atoms with E-state index in [1.807, 2.05) is 42.4 Å². The lowest BCUT2D eigenvalue weighted by atomic mass is 9.98. The zero-order valence-corrected chi connectivity index (χ0v) is 24.1. The molecule has 40 heavy (non-hydrogen) atoms. The lowest BCUT2D eigenvalue weighted by Gasteiger charge is -2.38. The summed E-state index contributed by atoms with van der Waals surface area (Å²) in [6, 6.07) is 10.8. The number of alkyl halides is 1. The smallest absolute Gasteiger partial charge is 0.267 e. The van der Waals surface area contributed by atoms with Crippen molar-refractivity contribution < 1.29 is 23.4 Å². The third-order valence-electron chi connectivity index (χ3n) is 7.49. The molecule has 1 aromatic carbocycles. The minimum atomic E-state index is -0.617. The number of aromatic nitrogens is 1. The molecule has 1 amide bonds. The Bertz CT molecular complexity index is 1130. The van der Waals surface area contributed by atoms with E-state index in [1.165, 1.54) is 0 Å². The van der Waals surface area contributed by atoms with Crippen LogP contribution in [0.3, 0.4) is 0 Å². The van der Waals surface area contributed by atoms with Crippen LogP contribution in [0, 0.1) is 0 Å². The molecule has 2 aromatic rings. The summed E-state index contributed by atoms with van der Waals surface area (Å²) in [5, 5.41) is 0. The molecule has 0 unspecified atom stereocenters. The number of carbonyl (C=O) groups is 1. The molecular formula is C30H42FN5O4. The maximum absolute atomic E-state index is 14.4. The summed E-state index contributed by atoms with van der Waals surface area (Å²) in [4.78, 5) is 23.7. The number of ether oxygens (including phenoxy) is 3. The van der Waals surface area contributed by atoms with E-state index in [0.29, 0.717) is 12.5 Å². The second kappa shape index (κ2) is 15.0. The molecule has 10 heteroatoms. The fraction of sp³-hybridized carbons (Fsp3) is 0.500. The van der Waals surface area contributed by atoms with Gasteiger partial charge in [-0.05, 0) is 44.3 Å². The maximum Gasteiger partial charge on any atom is 0.267 e. The highest BCUT2D eigenvalue weighted by Gasteiger charge is 2.30.